The number of rotatable bonds is 7. The van der Waals surface area contributed by atoms with Gasteiger partial charge in [-0.2, -0.15) is 4.98 Å². The number of carbonyl (C=O) groups excluding carboxylic acids is 1. The van der Waals surface area contributed by atoms with Crippen LogP contribution in [0.3, 0.4) is 0 Å². The third kappa shape index (κ3) is 3.94. The maximum absolute atomic E-state index is 11.6. The average Bonchev–Trinajstić information content (AvgIpc) is 2.38. The Hall–Kier alpha value is -1.61. The molecule has 0 aromatic carbocycles. The Morgan fingerprint density at radius 2 is 2.20 bits per heavy atom. The molecule has 4 N–H and O–H groups in total. The van der Waals surface area contributed by atoms with Crippen LogP contribution in [0.1, 0.15) is 20.3 Å². The molecule has 112 valence electrons. The van der Waals surface area contributed by atoms with E-state index in [9.17, 15) is 14.4 Å². The van der Waals surface area contributed by atoms with Crippen molar-refractivity contribution in [3.05, 3.63) is 20.7 Å². The number of amides is 1. The molecular weight excluding hydrogens is 282 g/mol. The summed E-state index contributed by atoms with van der Waals surface area (Å²) in [7, 11) is 1.57. The Labute approximate surface area is 120 Å². The third-order valence-corrected chi connectivity index (χ3v) is 4.09. The zero-order valence-electron chi connectivity index (χ0n) is 11.7. The molecule has 0 fully saturated rings. The molecule has 0 bridgehead atoms. The van der Waals surface area contributed by atoms with Crippen LogP contribution in [-0.4, -0.2) is 38.5 Å². The van der Waals surface area contributed by atoms with Gasteiger partial charge in [0.2, 0.25) is 5.91 Å². The molecule has 1 heterocycles. The molecule has 1 aromatic rings. The summed E-state index contributed by atoms with van der Waals surface area (Å²) in [6.45, 7) is 4.33. The number of hydrogen-bond donors (Lipinski definition) is 3. The zero-order valence-corrected chi connectivity index (χ0v) is 12.5. The van der Waals surface area contributed by atoms with Crippen molar-refractivity contribution in [1.29, 1.82) is 0 Å². The summed E-state index contributed by atoms with van der Waals surface area (Å²) in [4.78, 5) is 37.5. The highest BCUT2D eigenvalue weighted by atomic mass is 32.2. The van der Waals surface area contributed by atoms with Gasteiger partial charge in [-0.3, -0.25) is 24.2 Å². The summed E-state index contributed by atoms with van der Waals surface area (Å²) < 4.78 is 1.34. The summed E-state index contributed by atoms with van der Waals surface area (Å²) in [5, 5.41) is 5.74. The number of carbonyl (C=O) groups is 1. The molecule has 20 heavy (non-hydrogen) atoms. The maximum atomic E-state index is 11.6. The van der Waals surface area contributed by atoms with Gasteiger partial charge in [-0.1, -0.05) is 18.7 Å². The number of nitrogens with two attached hydrogens (primary N) is 1. The monoisotopic (exact) mass is 301 g/mol. The molecule has 0 aliphatic carbocycles. The fraction of sp³-hybridized carbons (Fsp3) is 0.636. The van der Waals surface area contributed by atoms with E-state index in [1.807, 2.05) is 6.92 Å². The smallest absolute Gasteiger partial charge is 0.339 e. The minimum absolute atomic E-state index is 0.300. The first-order chi connectivity index (χ1) is 9.30. The van der Waals surface area contributed by atoms with Gasteiger partial charge in [0.25, 0.3) is 0 Å². The molecule has 1 rings (SSSR count). The van der Waals surface area contributed by atoms with Crippen molar-refractivity contribution in [2.45, 2.75) is 31.0 Å². The molecule has 8 nitrogen and oxygen atoms in total. The van der Waals surface area contributed by atoms with Crippen LogP contribution in [-0.2, 0) is 11.8 Å². The van der Waals surface area contributed by atoms with Crippen LogP contribution in [0.15, 0.2) is 14.7 Å². The van der Waals surface area contributed by atoms with Gasteiger partial charge in [0, 0.05) is 12.8 Å². The van der Waals surface area contributed by atoms with Crippen molar-refractivity contribution >= 4 is 17.7 Å². The number of nitrogens with zero attached hydrogens (tertiary/aromatic N) is 2. The number of aromatic nitrogens is 3. The Kier molecular flexibility index (Phi) is 5.52. The Morgan fingerprint density at radius 1 is 1.55 bits per heavy atom. The number of nitrogens with one attached hydrogen (secondary N) is 2. The van der Waals surface area contributed by atoms with Crippen molar-refractivity contribution in [2.24, 2.45) is 12.8 Å². The molecule has 0 aliphatic heterocycles. The molecule has 1 atom stereocenters. The first-order valence-electron chi connectivity index (χ1n) is 6.15. The largest absolute Gasteiger partial charge is 0.368 e. The summed E-state index contributed by atoms with van der Waals surface area (Å²) in [5.74, 6) is -0.179. The predicted molar refractivity (Wildman–Crippen MR) is 76.7 cm³/mol. The van der Waals surface area contributed by atoms with Crippen LogP contribution in [0.5, 0.6) is 0 Å². The summed E-state index contributed by atoms with van der Waals surface area (Å²) in [6.07, 6.45) is 0.864. The van der Waals surface area contributed by atoms with Gasteiger partial charge in [-0.25, -0.2) is 0 Å². The van der Waals surface area contributed by atoms with Gasteiger partial charge in [0.1, 0.15) is 5.54 Å². The van der Waals surface area contributed by atoms with Gasteiger partial charge >= 0.3 is 11.1 Å². The molecule has 9 heteroatoms. The zero-order chi connectivity index (χ0) is 15.3. The van der Waals surface area contributed by atoms with E-state index in [0.29, 0.717) is 17.5 Å². The van der Waals surface area contributed by atoms with Gasteiger partial charge in [0.15, 0.2) is 5.16 Å². The van der Waals surface area contributed by atoms with E-state index in [1.165, 1.54) is 16.4 Å². The van der Waals surface area contributed by atoms with Gasteiger partial charge in [-0.05, 0) is 19.9 Å². The van der Waals surface area contributed by atoms with Gasteiger partial charge in [0.05, 0.1) is 0 Å². The molecule has 1 aromatic heterocycles. The lowest BCUT2D eigenvalue weighted by molar-refractivity contribution is -0.122. The summed E-state index contributed by atoms with van der Waals surface area (Å²) >= 11 is 1.17. The van der Waals surface area contributed by atoms with E-state index in [-0.39, 0.29) is 0 Å². The lowest BCUT2D eigenvalue weighted by Gasteiger charge is -2.26. The maximum Gasteiger partial charge on any atom is 0.339 e. The Balaban J connectivity index is 2.88. The fourth-order valence-electron chi connectivity index (χ4n) is 1.41. The van der Waals surface area contributed by atoms with Crippen LogP contribution in [0.25, 0.3) is 0 Å². The minimum Gasteiger partial charge on any atom is -0.368 e. The molecule has 1 unspecified atom stereocenters. The number of hydrogen-bond acceptors (Lipinski definition) is 6. The first-order valence-corrected chi connectivity index (χ1v) is 7.14. The van der Waals surface area contributed by atoms with Crippen LogP contribution in [0.2, 0.25) is 0 Å². The van der Waals surface area contributed by atoms with Crippen LogP contribution < -0.4 is 22.2 Å². The lowest BCUT2D eigenvalue weighted by Crippen LogP contribution is -2.55. The second-order valence-corrected chi connectivity index (χ2v) is 5.55. The number of primary amides is 1. The van der Waals surface area contributed by atoms with Crippen LogP contribution in [0, 0.1) is 0 Å². The molecule has 1 amide bonds. The number of aryl methyl sites for hydroxylation is 1. The second kappa shape index (κ2) is 6.71. The molecule has 0 saturated carbocycles. The lowest BCUT2D eigenvalue weighted by atomic mass is 10.1. The normalized spacial score (nSPS) is 13.9. The highest BCUT2D eigenvalue weighted by Crippen LogP contribution is 2.18. The molecule has 0 aliphatic rings. The summed E-state index contributed by atoms with van der Waals surface area (Å²) in [5.41, 5.74) is 2.87. The standard InChI is InChI=1S/C11H19N5O3S/c1-4-5-13-11(2,9(12)19)6-20-10-14-7(17)8(18)15-16(10)3/h13H,4-6H2,1-3H3,(H2,12,19)(H,15,18). The second-order valence-electron chi connectivity index (χ2n) is 4.61. The topological polar surface area (TPSA) is 123 Å². The van der Waals surface area contributed by atoms with Crippen molar-refractivity contribution < 1.29 is 4.79 Å². The highest BCUT2D eigenvalue weighted by Gasteiger charge is 2.30. The molecular formula is C11H19N5O3S. The molecule has 0 radical (unpaired) electrons. The van der Waals surface area contributed by atoms with Crippen molar-refractivity contribution in [1.82, 2.24) is 20.1 Å². The summed E-state index contributed by atoms with van der Waals surface area (Å²) in [6, 6.07) is 0. The van der Waals surface area contributed by atoms with Crippen molar-refractivity contribution in [3.8, 4) is 0 Å². The highest BCUT2D eigenvalue weighted by molar-refractivity contribution is 7.99. The predicted octanol–water partition coefficient (Wildman–Crippen LogP) is -1.20. The number of H-pyrrole nitrogens is 1. The van der Waals surface area contributed by atoms with E-state index in [0.717, 1.165) is 6.42 Å². The van der Waals surface area contributed by atoms with Crippen molar-refractivity contribution in [2.75, 3.05) is 12.3 Å². The van der Waals surface area contributed by atoms with Crippen LogP contribution in [0.4, 0.5) is 0 Å². The van der Waals surface area contributed by atoms with E-state index < -0.39 is 22.6 Å². The SMILES string of the molecule is CCCNC(C)(CSc1nc(=O)c(=O)[nH]n1C)C(N)=O. The number of aromatic amines is 1. The van der Waals surface area contributed by atoms with Crippen LogP contribution >= 0.6 is 11.8 Å². The van der Waals surface area contributed by atoms with Gasteiger partial charge in [-0.15, -0.1) is 0 Å². The Morgan fingerprint density at radius 3 is 2.75 bits per heavy atom. The first kappa shape index (κ1) is 16.4. The van der Waals surface area contributed by atoms with E-state index >= 15 is 0 Å². The van der Waals surface area contributed by atoms with Gasteiger partial charge < -0.3 is 11.1 Å². The fourth-order valence-corrected chi connectivity index (χ4v) is 2.46. The molecule has 0 saturated heterocycles. The van der Waals surface area contributed by atoms with Crippen molar-refractivity contribution in [3.63, 3.8) is 0 Å². The minimum atomic E-state index is -0.908. The Bertz CT molecular complexity index is 596. The van der Waals surface area contributed by atoms with E-state index in [2.05, 4.69) is 15.4 Å². The molecule has 0 spiro atoms. The average molecular weight is 301 g/mol. The third-order valence-electron chi connectivity index (χ3n) is 2.75. The van der Waals surface area contributed by atoms with E-state index in [1.54, 1.807) is 14.0 Å². The van der Waals surface area contributed by atoms with E-state index in [4.69, 9.17) is 5.73 Å². The quantitative estimate of drug-likeness (QED) is 0.429. The number of thioether (sulfide) groups is 1.